The van der Waals surface area contributed by atoms with E-state index in [1.165, 1.54) is 16.7 Å². The number of amides is 1. The molecule has 0 spiro atoms. The Balaban J connectivity index is 2.17. The summed E-state index contributed by atoms with van der Waals surface area (Å²) >= 11 is 1.38. The molecule has 8 nitrogen and oxygen atoms in total. The molecule has 1 aromatic heterocycles. The van der Waals surface area contributed by atoms with Crippen molar-refractivity contribution in [2.75, 3.05) is 11.6 Å². The van der Waals surface area contributed by atoms with E-state index in [9.17, 15) is 9.59 Å². The number of carbonyl (C=O) groups is 2. The van der Waals surface area contributed by atoms with Crippen LogP contribution in [0, 0.1) is 0 Å². The van der Waals surface area contributed by atoms with E-state index in [0.29, 0.717) is 11.6 Å². The molecule has 0 radical (unpaired) electrons. The van der Waals surface area contributed by atoms with Gasteiger partial charge in [-0.1, -0.05) is 0 Å². The molecule has 0 saturated carbocycles. The molecule has 1 saturated heterocycles. The maximum absolute atomic E-state index is 11.7. The molecular formula is C6H7N5O3S. The molecular weight excluding hydrogens is 222 g/mol. The third-order valence-corrected chi connectivity index (χ3v) is 2.98. The van der Waals surface area contributed by atoms with Crippen molar-refractivity contribution in [2.45, 2.75) is 6.04 Å². The maximum Gasteiger partial charge on any atom is 0.327 e. The lowest BCUT2D eigenvalue weighted by Crippen LogP contribution is -2.42. The average Bonchev–Trinajstić information content (AvgIpc) is 2.88. The van der Waals surface area contributed by atoms with Gasteiger partial charge in [-0.25, -0.2) is 4.79 Å². The number of carboxylic acid groups (broad SMARTS) is 1. The van der Waals surface area contributed by atoms with E-state index in [2.05, 4.69) is 20.6 Å². The van der Waals surface area contributed by atoms with Crippen molar-refractivity contribution in [2.24, 2.45) is 0 Å². The SMILES string of the molecule is O=C(O)C1CSCN1C(=O)c1nn[nH]n1. The Kier molecular flexibility index (Phi) is 2.54. The quantitative estimate of drug-likeness (QED) is 0.654. The summed E-state index contributed by atoms with van der Waals surface area (Å²) in [5.41, 5.74) is 0. The van der Waals surface area contributed by atoms with Crippen molar-refractivity contribution in [1.82, 2.24) is 25.5 Å². The molecule has 0 bridgehead atoms. The number of tetrazole rings is 1. The predicted molar refractivity (Wildman–Crippen MR) is 49.1 cm³/mol. The van der Waals surface area contributed by atoms with Crippen LogP contribution in [0.15, 0.2) is 0 Å². The number of carbonyl (C=O) groups excluding carboxylic acids is 1. The highest BCUT2D eigenvalue weighted by Crippen LogP contribution is 2.22. The van der Waals surface area contributed by atoms with Crippen molar-refractivity contribution < 1.29 is 14.7 Å². The molecule has 0 aromatic carbocycles. The zero-order chi connectivity index (χ0) is 10.8. The van der Waals surface area contributed by atoms with Crippen LogP contribution in [-0.2, 0) is 4.79 Å². The van der Waals surface area contributed by atoms with E-state index in [1.54, 1.807) is 0 Å². The highest BCUT2D eigenvalue weighted by molar-refractivity contribution is 7.99. The second-order valence-corrected chi connectivity index (χ2v) is 3.86. The molecule has 80 valence electrons. The summed E-state index contributed by atoms with van der Waals surface area (Å²) in [5.74, 6) is -0.912. The lowest BCUT2D eigenvalue weighted by molar-refractivity contribution is -0.140. The standard InChI is InChI=1S/C6H7N5O3S/c12-5(4-7-9-10-8-4)11-2-15-1-3(11)6(13)14/h3H,1-2H2,(H,13,14)(H,7,8,9,10). The molecule has 0 aliphatic carbocycles. The third-order valence-electron chi connectivity index (χ3n) is 1.96. The minimum absolute atomic E-state index is 0.108. The summed E-state index contributed by atoms with van der Waals surface area (Å²) in [7, 11) is 0. The summed E-state index contributed by atoms with van der Waals surface area (Å²) in [4.78, 5) is 23.7. The molecule has 2 heterocycles. The summed E-state index contributed by atoms with van der Waals surface area (Å²) in [5, 5.41) is 21.3. The lowest BCUT2D eigenvalue weighted by Gasteiger charge is -2.17. The minimum atomic E-state index is -1.02. The zero-order valence-electron chi connectivity index (χ0n) is 7.45. The van der Waals surface area contributed by atoms with Gasteiger partial charge in [-0.05, 0) is 5.21 Å². The van der Waals surface area contributed by atoms with Crippen LogP contribution in [0.2, 0.25) is 0 Å². The highest BCUT2D eigenvalue weighted by Gasteiger charge is 2.36. The number of H-pyrrole nitrogens is 1. The van der Waals surface area contributed by atoms with Crippen LogP contribution in [-0.4, -0.2) is 60.2 Å². The molecule has 1 unspecified atom stereocenters. The van der Waals surface area contributed by atoms with Crippen molar-refractivity contribution in [3.63, 3.8) is 0 Å². The Morgan fingerprint density at radius 2 is 2.40 bits per heavy atom. The first-order valence-electron chi connectivity index (χ1n) is 4.05. The number of nitrogens with one attached hydrogen (secondary N) is 1. The van der Waals surface area contributed by atoms with Gasteiger partial charge in [0.2, 0.25) is 0 Å². The van der Waals surface area contributed by atoms with Crippen LogP contribution in [0.25, 0.3) is 0 Å². The smallest absolute Gasteiger partial charge is 0.327 e. The van der Waals surface area contributed by atoms with Crippen molar-refractivity contribution in [3.05, 3.63) is 5.82 Å². The van der Waals surface area contributed by atoms with Crippen LogP contribution in [0.4, 0.5) is 0 Å². The summed E-state index contributed by atoms with van der Waals surface area (Å²) in [6.45, 7) is 0. The number of thioether (sulfide) groups is 1. The van der Waals surface area contributed by atoms with Gasteiger partial charge in [0.15, 0.2) is 0 Å². The van der Waals surface area contributed by atoms with Crippen molar-refractivity contribution >= 4 is 23.6 Å². The van der Waals surface area contributed by atoms with E-state index in [4.69, 9.17) is 5.11 Å². The van der Waals surface area contributed by atoms with Gasteiger partial charge in [0.25, 0.3) is 11.7 Å². The number of aromatic nitrogens is 4. The molecule has 1 aliphatic heterocycles. The zero-order valence-corrected chi connectivity index (χ0v) is 8.27. The second kappa shape index (κ2) is 3.85. The fourth-order valence-corrected chi connectivity index (χ4v) is 2.37. The third kappa shape index (κ3) is 1.77. The van der Waals surface area contributed by atoms with E-state index >= 15 is 0 Å². The Morgan fingerprint density at radius 3 is 3.00 bits per heavy atom. The molecule has 1 fully saturated rings. The maximum atomic E-state index is 11.7. The summed E-state index contributed by atoms with van der Waals surface area (Å²) in [6.07, 6.45) is 0. The second-order valence-electron chi connectivity index (χ2n) is 2.86. The van der Waals surface area contributed by atoms with E-state index in [1.807, 2.05) is 0 Å². The van der Waals surface area contributed by atoms with E-state index in [-0.39, 0.29) is 5.82 Å². The predicted octanol–water partition coefficient (Wildman–Crippen LogP) is -1.20. The van der Waals surface area contributed by atoms with Gasteiger partial charge >= 0.3 is 5.97 Å². The number of nitrogens with zero attached hydrogens (tertiary/aromatic N) is 4. The van der Waals surface area contributed by atoms with Crippen LogP contribution < -0.4 is 0 Å². The van der Waals surface area contributed by atoms with E-state index < -0.39 is 17.9 Å². The number of aliphatic carboxylic acids is 1. The number of rotatable bonds is 2. The minimum Gasteiger partial charge on any atom is -0.480 e. The molecule has 9 heteroatoms. The van der Waals surface area contributed by atoms with Crippen LogP contribution in [0.3, 0.4) is 0 Å². The van der Waals surface area contributed by atoms with Crippen molar-refractivity contribution in [3.8, 4) is 0 Å². The lowest BCUT2D eigenvalue weighted by atomic mass is 10.3. The molecule has 2 N–H and O–H groups in total. The fourth-order valence-electron chi connectivity index (χ4n) is 1.23. The normalized spacial score (nSPS) is 20.5. The van der Waals surface area contributed by atoms with Crippen LogP contribution >= 0.6 is 11.8 Å². The topological polar surface area (TPSA) is 112 Å². The largest absolute Gasteiger partial charge is 0.480 e. The molecule has 1 atom stereocenters. The number of carboxylic acids is 1. The van der Waals surface area contributed by atoms with Gasteiger partial charge in [0.1, 0.15) is 6.04 Å². The Morgan fingerprint density at radius 1 is 1.60 bits per heavy atom. The van der Waals surface area contributed by atoms with Gasteiger partial charge in [0.05, 0.1) is 5.88 Å². The first-order chi connectivity index (χ1) is 7.20. The first-order valence-corrected chi connectivity index (χ1v) is 5.20. The van der Waals surface area contributed by atoms with Crippen molar-refractivity contribution in [1.29, 1.82) is 0 Å². The molecule has 2 rings (SSSR count). The van der Waals surface area contributed by atoms with Gasteiger partial charge in [-0.2, -0.15) is 5.21 Å². The van der Waals surface area contributed by atoms with Gasteiger partial charge in [-0.3, -0.25) is 4.79 Å². The van der Waals surface area contributed by atoms with Gasteiger partial charge < -0.3 is 10.0 Å². The number of hydrogen-bond acceptors (Lipinski definition) is 6. The molecule has 1 aliphatic rings. The molecule has 15 heavy (non-hydrogen) atoms. The Labute approximate surface area is 88.0 Å². The summed E-state index contributed by atoms with van der Waals surface area (Å²) < 4.78 is 0. The molecule has 1 aromatic rings. The van der Waals surface area contributed by atoms with Gasteiger partial charge in [-0.15, -0.1) is 22.0 Å². The Hall–Kier alpha value is -1.64. The molecule has 1 amide bonds. The Bertz CT molecular complexity index is 380. The summed E-state index contributed by atoms with van der Waals surface area (Å²) in [6, 6.07) is -0.805. The number of aromatic amines is 1. The first kappa shape index (κ1) is 9.90. The van der Waals surface area contributed by atoms with Gasteiger partial charge in [0, 0.05) is 5.75 Å². The van der Waals surface area contributed by atoms with Crippen LogP contribution in [0.1, 0.15) is 10.6 Å². The average molecular weight is 229 g/mol. The monoisotopic (exact) mass is 229 g/mol. The van der Waals surface area contributed by atoms with E-state index in [0.717, 1.165) is 0 Å². The highest BCUT2D eigenvalue weighted by atomic mass is 32.2. The fraction of sp³-hybridized carbons (Fsp3) is 0.500. The van der Waals surface area contributed by atoms with Crippen LogP contribution in [0.5, 0.6) is 0 Å². The number of hydrogen-bond donors (Lipinski definition) is 2.